The van der Waals surface area contributed by atoms with E-state index >= 15 is 0 Å². The minimum Gasteiger partial charge on any atom is -1.00 e. The van der Waals surface area contributed by atoms with Gasteiger partial charge in [0.2, 0.25) is 0 Å². The molecule has 0 N–H and O–H groups in total. The first kappa shape index (κ1) is 19.0. The Balaban J connectivity index is 0.00000208. The monoisotopic (exact) mass is 363 g/mol. The lowest BCUT2D eigenvalue weighted by atomic mass is 10.1. The first-order valence-corrected chi connectivity index (χ1v) is 8.77. The van der Waals surface area contributed by atoms with Crippen LogP contribution in [0.3, 0.4) is 0 Å². The first-order chi connectivity index (χ1) is 11.1. The van der Waals surface area contributed by atoms with E-state index in [9.17, 15) is 0 Å². The van der Waals surface area contributed by atoms with Crippen LogP contribution in [0.1, 0.15) is 6.92 Å². The minimum absolute atomic E-state index is 0. The van der Waals surface area contributed by atoms with E-state index < -0.39 is 0 Å². The Hall–Kier alpha value is -1.36. The molecule has 0 fully saturated rings. The fourth-order valence-corrected chi connectivity index (χ4v) is 4.20. The molecule has 3 nitrogen and oxygen atoms in total. The molecular formula is C19H24ClN2OS-. The van der Waals surface area contributed by atoms with Crippen LogP contribution in [0.25, 0.3) is 0 Å². The zero-order chi connectivity index (χ0) is 16.4. The van der Waals surface area contributed by atoms with E-state index in [-0.39, 0.29) is 12.4 Å². The Labute approximate surface area is 155 Å². The molecule has 5 heteroatoms. The van der Waals surface area contributed by atoms with Crippen molar-refractivity contribution in [3.8, 4) is 5.75 Å². The Morgan fingerprint density at radius 1 is 1.08 bits per heavy atom. The highest BCUT2D eigenvalue weighted by molar-refractivity contribution is 7.99. The quantitative estimate of drug-likeness (QED) is 0.799. The highest BCUT2D eigenvalue weighted by Crippen LogP contribution is 2.49. The number of hydrogen-bond donors (Lipinski definition) is 0. The number of anilines is 2. The third-order valence-electron chi connectivity index (χ3n) is 4.00. The molecule has 0 amide bonds. The van der Waals surface area contributed by atoms with E-state index in [2.05, 4.69) is 67.2 Å². The molecule has 3 rings (SSSR count). The second-order valence-electron chi connectivity index (χ2n) is 6.38. The van der Waals surface area contributed by atoms with Crippen molar-refractivity contribution in [3.05, 3.63) is 42.5 Å². The van der Waals surface area contributed by atoms with Crippen molar-refractivity contribution in [2.45, 2.75) is 16.7 Å². The highest BCUT2D eigenvalue weighted by atomic mass is 35.5. The molecular weight excluding hydrogens is 340 g/mol. The van der Waals surface area contributed by atoms with Gasteiger partial charge in [0.05, 0.1) is 18.5 Å². The Morgan fingerprint density at radius 3 is 2.50 bits per heavy atom. The number of para-hydroxylation sites is 1. The fraction of sp³-hybridized carbons (Fsp3) is 0.368. The summed E-state index contributed by atoms with van der Waals surface area (Å²) in [4.78, 5) is 7.31. The van der Waals surface area contributed by atoms with Gasteiger partial charge in [0, 0.05) is 28.9 Å². The number of methoxy groups -OCH3 is 1. The van der Waals surface area contributed by atoms with Crippen LogP contribution in [0, 0.1) is 5.92 Å². The summed E-state index contributed by atoms with van der Waals surface area (Å²) in [5, 5.41) is 0. The molecule has 1 aliphatic rings. The van der Waals surface area contributed by atoms with Crippen LogP contribution in [0.4, 0.5) is 11.4 Å². The summed E-state index contributed by atoms with van der Waals surface area (Å²) in [7, 11) is 5.99. The number of fused-ring (bicyclic) bond motifs is 2. The third-order valence-corrected chi connectivity index (χ3v) is 5.13. The highest BCUT2D eigenvalue weighted by Gasteiger charge is 2.25. The molecule has 0 spiro atoms. The van der Waals surface area contributed by atoms with Gasteiger partial charge in [-0.05, 0) is 44.3 Å². The maximum atomic E-state index is 5.44. The molecule has 24 heavy (non-hydrogen) atoms. The van der Waals surface area contributed by atoms with Crippen molar-refractivity contribution in [1.82, 2.24) is 4.90 Å². The molecule has 0 saturated carbocycles. The first-order valence-electron chi connectivity index (χ1n) is 7.95. The number of ether oxygens (including phenoxy) is 1. The summed E-state index contributed by atoms with van der Waals surface area (Å²) in [5.74, 6) is 1.48. The number of nitrogens with zero attached hydrogens (tertiary/aromatic N) is 2. The summed E-state index contributed by atoms with van der Waals surface area (Å²) >= 11 is 1.84. The predicted molar refractivity (Wildman–Crippen MR) is 98.3 cm³/mol. The van der Waals surface area contributed by atoms with Crippen LogP contribution < -0.4 is 22.0 Å². The van der Waals surface area contributed by atoms with E-state index in [1.807, 2.05) is 17.8 Å². The smallest absolute Gasteiger partial charge is 0.121 e. The van der Waals surface area contributed by atoms with E-state index in [1.54, 1.807) is 7.11 Å². The summed E-state index contributed by atoms with van der Waals surface area (Å²) < 4.78 is 5.44. The van der Waals surface area contributed by atoms with Gasteiger partial charge in [-0.1, -0.05) is 30.8 Å². The second kappa shape index (κ2) is 8.15. The van der Waals surface area contributed by atoms with Crippen molar-refractivity contribution in [3.63, 3.8) is 0 Å². The SMILES string of the molecule is COc1ccc2c(c1)N(CC(C)CN(C)C)c1ccccc1S2.[Cl-]. The molecule has 1 aliphatic heterocycles. The molecule has 0 radical (unpaired) electrons. The Bertz CT molecular complexity index is 693. The molecule has 0 bridgehead atoms. The molecule has 1 atom stereocenters. The molecule has 2 aromatic rings. The predicted octanol–water partition coefficient (Wildman–Crippen LogP) is 1.50. The molecule has 1 heterocycles. The van der Waals surface area contributed by atoms with Gasteiger partial charge < -0.3 is 26.9 Å². The van der Waals surface area contributed by atoms with Crippen molar-refractivity contribution in [1.29, 1.82) is 0 Å². The minimum atomic E-state index is 0. The van der Waals surface area contributed by atoms with Gasteiger partial charge >= 0.3 is 0 Å². The van der Waals surface area contributed by atoms with Crippen molar-refractivity contribution < 1.29 is 17.1 Å². The lowest BCUT2D eigenvalue weighted by Gasteiger charge is -2.35. The summed E-state index contributed by atoms with van der Waals surface area (Å²) in [6.07, 6.45) is 0. The van der Waals surface area contributed by atoms with Crippen LogP contribution in [0.2, 0.25) is 0 Å². The molecule has 1 unspecified atom stereocenters. The lowest BCUT2D eigenvalue weighted by molar-refractivity contribution is -0.00000515. The normalized spacial score (nSPS) is 13.8. The average Bonchev–Trinajstić information content (AvgIpc) is 2.53. The number of rotatable bonds is 5. The van der Waals surface area contributed by atoms with Gasteiger partial charge in [-0.15, -0.1) is 0 Å². The Kier molecular flexibility index (Phi) is 6.44. The van der Waals surface area contributed by atoms with E-state index in [1.165, 1.54) is 21.2 Å². The van der Waals surface area contributed by atoms with Crippen LogP contribution >= 0.6 is 11.8 Å². The van der Waals surface area contributed by atoms with Gasteiger partial charge in [0.1, 0.15) is 5.75 Å². The van der Waals surface area contributed by atoms with E-state index in [0.29, 0.717) is 5.92 Å². The van der Waals surface area contributed by atoms with Gasteiger partial charge in [0.15, 0.2) is 0 Å². The van der Waals surface area contributed by atoms with Crippen LogP contribution in [-0.2, 0) is 0 Å². The average molecular weight is 364 g/mol. The second-order valence-corrected chi connectivity index (χ2v) is 7.47. The maximum Gasteiger partial charge on any atom is 0.121 e. The summed E-state index contributed by atoms with van der Waals surface area (Å²) in [5.41, 5.74) is 2.54. The van der Waals surface area contributed by atoms with E-state index in [0.717, 1.165) is 18.8 Å². The third kappa shape index (κ3) is 4.00. The van der Waals surface area contributed by atoms with Crippen LogP contribution in [0.5, 0.6) is 5.75 Å². The van der Waals surface area contributed by atoms with E-state index in [4.69, 9.17) is 4.74 Å². The van der Waals surface area contributed by atoms with Gasteiger partial charge in [-0.2, -0.15) is 0 Å². The Morgan fingerprint density at radius 2 is 1.79 bits per heavy atom. The number of hydrogen-bond acceptors (Lipinski definition) is 4. The van der Waals surface area contributed by atoms with Gasteiger partial charge in [-0.25, -0.2) is 0 Å². The fourth-order valence-electron chi connectivity index (χ4n) is 3.13. The lowest BCUT2D eigenvalue weighted by Crippen LogP contribution is -3.00. The van der Waals surface area contributed by atoms with Gasteiger partial charge in [-0.3, -0.25) is 0 Å². The van der Waals surface area contributed by atoms with Crippen molar-refractivity contribution in [2.24, 2.45) is 5.92 Å². The molecule has 130 valence electrons. The van der Waals surface area contributed by atoms with Crippen LogP contribution in [0.15, 0.2) is 52.3 Å². The summed E-state index contributed by atoms with van der Waals surface area (Å²) in [6, 6.07) is 15.0. The topological polar surface area (TPSA) is 15.7 Å². The van der Waals surface area contributed by atoms with Gasteiger partial charge in [0.25, 0.3) is 0 Å². The maximum absolute atomic E-state index is 5.44. The van der Waals surface area contributed by atoms with Crippen molar-refractivity contribution in [2.75, 3.05) is 39.2 Å². The standard InChI is InChI=1S/C19H24N2OS.ClH/c1-14(12-20(2)3)13-21-16-7-5-6-8-18(16)23-19-10-9-15(22-4)11-17(19)21;/h5-11,14H,12-13H2,1-4H3;1H/p-1. The molecule has 0 aliphatic carbocycles. The van der Waals surface area contributed by atoms with Crippen molar-refractivity contribution >= 4 is 23.1 Å². The number of halogens is 1. The number of benzene rings is 2. The molecule has 2 aromatic carbocycles. The zero-order valence-corrected chi connectivity index (χ0v) is 16.2. The van der Waals surface area contributed by atoms with Crippen LogP contribution in [-0.4, -0.2) is 39.2 Å². The molecule has 0 saturated heterocycles. The summed E-state index contributed by atoms with van der Waals surface area (Å²) in [6.45, 7) is 4.38. The molecule has 0 aromatic heterocycles. The zero-order valence-electron chi connectivity index (χ0n) is 14.6. The largest absolute Gasteiger partial charge is 1.00 e.